The first-order chi connectivity index (χ1) is 15.7. The molecule has 0 spiro atoms. The Morgan fingerprint density at radius 2 is 1.66 bits per heavy atom. The molecule has 0 aliphatic carbocycles. The Kier molecular flexibility index (Phi) is 5.29. The number of carbonyl (C=O) groups excluding carboxylic acids is 1. The van der Waals surface area contributed by atoms with E-state index < -0.39 is 5.97 Å². The Morgan fingerprint density at radius 1 is 0.906 bits per heavy atom. The molecule has 7 heteroatoms. The maximum atomic E-state index is 12.1. The van der Waals surface area contributed by atoms with Gasteiger partial charge >= 0.3 is 5.97 Å². The highest BCUT2D eigenvalue weighted by Crippen LogP contribution is 2.31. The van der Waals surface area contributed by atoms with Crippen LogP contribution in [-0.2, 0) is 16.1 Å². The van der Waals surface area contributed by atoms with Gasteiger partial charge < -0.3 is 18.8 Å². The van der Waals surface area contributed by atoms with Crippen LogP contribution in [0.3, 0.4) is 0 Å². The molecular weight excluding hydrogens is 406 g/mol. The number of hydrogen-bond acceptors (Lipinski definition) is 6. The second-order valence-corrected chi connectivity index (χ2v) is 7.24. The molecule has 0 amide bonds. The molecule has 7 nitrogen and oxygen atoms in total. The van der Waals surface area contributed by atoms with Crippen LogP contribution in [-0.4, -0.2) is 40.8 Å². The first-order valence-electron chi connectivity index (χ1n) is 10.3. The van der Waals surface area contributed by atoms with E-state index in [2.05, 4.69) is 0 Å². The van der Waals surface area contributed by atoms with Gasteiger partial charge in [0, 0.05) is 5.39 Å². The van der Waals surface area contributed by atoms with Gasteiger partial charge in [-0.3, -0.25) is 0 Å². The average molecular weight is 427 g/mol. The number of benzene rings is 3. The summed E-state index contributed by atoms with van der Waals surface area (Å²) in [6, 6.07) is 22.8. The van der Waals surface area contributed by atoms with Crippen molar-refractivity contribution in [3.63, 3.8) is 0 Å². The van der Waals surface area contributed by atoms with Crippen molar-refractivity contribution >= 4 is 39.1 Å². The number of hydrogen-bond donors (Lipinski definition) is 0. The lowest BCUT2D eigenvalue weighted by atomic mass is 10.2. The summed E-state index contributed by atoms with van der Waals surface area (Å²) in [6.45, 7) is 0.492. The quantitative estimate of drug-likeness (QED) is 0.359. The van der Waals surface area contributed by atoms with Gasteiger partial charge in [0.2, 0.25) is 0 Å². The number of methoxy groups -OCH3 is 1. The molecule has 0 bridgehead atoms. The summed E-state index contributed by atoms with van der Waals surface area (Å²) < 4.78 is 18.3. The zero-order valence-corrected chi connectivity index (χ0v) is 17.5. The molecule has 0 unspecified atom stereocenters. The number of nitrogens with zero attached hydrogens (tertiary/aromatic N) is 3. The lowest BCUT2D eigenvalue weighted by molar-refractivity contribution is -0.146. The Balaban J connectivity index is 1.40. The summed E-state index contributed by atoms with van der Waals surface area (Å²) in [5, 5.41) is 0.941. The number of rotatable bonds is 7. The fourth-order valence-electron chi connectivity index (χ4n) is 3.72. The maximum Gasteiger partial charge on any atom is 0.344 e. The maximum absolute atomic E-state index is 12.1. The van der Waals surface area contributed by atoms with Crippen LogP contribution in [0.4, 0.5) is 0 Å². The number of para-hydroxylation sites is 3. The Bertz CT molecular complexity index is 1410. The zero-order valence-electron chi connectivity index (χ0n) is 17.5. The van der Waals surface area contributed by atoms with Crippen LogP contribution in [0.15, 0.2) is 72.8 Å². The van der Waals surface area contributed by atoms with E-state index in [1.807, 2.05) is 65.2 Å². The first-order valence-corrected chi connectivity index (χ1v) is 10.3. The third kappa shape index (κ3) is 3.80. The van der Waals surface area contributed by atoms with Gasteiger partial charge in [-0.2, -0.15) is 0 Å². The van der Waals surface area contributed by atoms with Gasteiger partial charge in [0.05, 0.1) is 30.2 Å². The van der Waals surface area contributed by atoms with Crippen molar-refractivity contribution in [2.75, 3.05) is 20.3 Å². The van der Waals surface area contributed by atoms with Crippen LogP contribution >= 0.6 is 0 Å². The standard InChI is InChI=1S/C25H21N3O4/c1-30-18-11-12-22-19(15-18)24-25(27-21-10-6-5-9-20(21)26-24)28(22)13-14-31-23(29)16-32-17-7-3-2-4-8-17/h2-12,15H,13-14,16H2,1H3. The van der Waals surface area contributed by atoms with E-state index in [0.717, 1.165) is 38.8 Å². The van der Waals surface area contributed by atoms with Gasteiger partial charge in [-0.1, -0.05) is 30.3 Å². The Morgan fingerprint density at radius 3 is 2.44 bits per heavy atom. The van der Waals surface area contributed by atoms with Gasteiger partial charge in [-0.05, 0) is 42.5 Å². The first kappa shape index (κ1) is 19.8. The predicted molar refractivity (Wildman–Crippen MR) is 122 cm³/mol. The molecule has 0 aliphatic heterocycles. The molecule has 0 radical (unpaired) electrons. The van der Waals surface area contributed by atoms with Crippen molar-refractivity contribution < 1.29 is 19.0 Å². The average Bonchev–Trinajstić information content (AvgIpc) is 3.14. The largest absolute Gasteiger partial charge is 0.497 e. The zero-order chi connectivity index (χ0) is 21.9. The molecule has 5 aromatic rings. The second-order valence-electron chi connectivity index (χ2n) is 7.24. The molecule has 0 saturated heterocycles. The molecule has 32 heavy (non-hydrogen) atoms. The van der Waals surface area contributed by atoms with E-state index in [1.54, 1.807) is 19.2 Å². The highest BCUT2D eigenvalue weighted by atomic mass is 16.6. The molecule has 3 aromatic carbocycles. The normalized spacial score (nSPS) is 11.2. The van der Waals surface area contributed by atoms with Crippen LogP contribution in [0.1, 0.15) is 0 Å². The van der Waals surface area contributed by atoms with Gasteiger partial charge in [0.25, 0.3) is 0 Å². The minimum Gasteiger partial charge on any atom is -0.497 e. The Labute approximate surface area is 184 Å². The lowest BCUT2D eigenvalue weighted by Gasteiger charge is -2.09. The second kappa shape index (κ2) is 8.55. The molecule has 0 atom stereocenters. The smallest absolute Gasteiger partial charge is 0.344 e. The molecule has 0 fully saturated rings. The summed E-state index contributed by atoms with van der Waals surface area (Å²) in [6.07, 6.45) is 0. The lowest BCUT2D eigenvalue weighted by Crippen LogP contribution is -2.17. The number of esters is 1. The summed E-state index contributed by atoms with van der Waals surface area (Å²) >= 11 is 0. The molecule has 2 heterocycles. The van der Waals surface area contributed by atoms with Crippen molar-refractivity contribution in [3.8, 4) is 11.5 Å². The van der Waals surface area contributed by atoms with E-state index in [4.69, 9.17) is 24.2 Å². The molecule has 0 aliphatic rings. The van der Waals surface area contributed by atoms with Crippen molar-refractivity contribution in [2.24, 2.45) is 0 Å². The van der Waals surface area contributed by atoms with Crippen LogP contribution in [0, 0.1) is 0 Å². The minimum absolute atomic E-state index is 0.140. The molecule has 160 valence electrons. The van der Waals surface area contributed by atoms with Crippen molar-refractivity contribution in [2.45, 2.75) is 6.54 Å². The Hall–Kier alpha value is -4.13. The number of ether oxygens (including phenoxy) is 3. The highest BCUT2D eigenvalue weighted by Gasteiger charge is 2.16. The van der Waals surface area contributed by atoms with E-state index in [-0.39, 0.29) is 13.2 Å². The third-order valence-electron chi connectivity index (χ3n) is 5.24. The van der Waals surface area contributed by atoms with Gasteiger partial charge in [0.15, 0.2) is 12.3 Å². The fourth-order valence-corrected chi connectivity index (χ4v) is 3.72. The summed E-state index contributed by atoms with van der Waals surface area (Å²) in [4.78, 5) is 21.8. The predicted octanol–water partition coefficient (Wildman–Crippen LogP) is 4.37. The van der Waals surface area contributed by atoms with E-state index in [9.17, 15) is 4.79 Å². The van der Waals surface area contributed by atoms with Gasteiger partial charge in [-0.25, -0.2) is 14.8 Å². The van der Waals surface area contributed by atoms with Crippen molar-refractivity contribution in [3.05, 3.63) is 72.8 Å². The summed E-state index contributed by atoms with van der Waals surface area (Å²) in [7, 11) is 1.64. The van der Waals surface area contributed by atoms with E-state index in [0.29, 0.717) is 12.3 Å². The third-order valence-corrected chi connectivity index (χ3v) is 5.24. The number of carbonyl (C=O) groups is 1. The molecule has 0 N–H and O–H groups in total. The molecular formula is C25H21N3O4. The van der Waals surface area contributed by atoms with Gasteiger partial charge in [-0.15, -0.1) is 0 Å². The monoisotopic (exact) mass is 427 g/mol. The summed E-state index contributed by atoms with van der Waals surface area (Å²) in [5.74, 6) is 0.951. The number of fused-ring (bicyclic) bond motifs is 4. The van der Waals surface area contributed by atoms with Crippen LogP contribution in [0.25, 0.3) is 33.1 Å². The molecule has 5 rings (SSSR count). The highest BCUT2D eigenvalue weighted by molar-refractivity contribution is 6.07. The van der Waals surface area contributed by atoms with E-state index in [1.165, 1.54) is 0 Å². The SMILES string of the molecule is COc1ccc2c(c1)c1nc3ccccc3nc1n2CCOC(=O)COc1ccccc1. The summed E-state index contributed by atoms with van der Waals surface area (Å²) in [5.41, 5.74) is 4.11. The van der Waals surface area contributed by atoms with Crippen LogP contribution < -0.4 is 9.47 Å². The van der Waals surface area contributed by atoms with E-state index >= 15 is 0 Å². The van der Waals surface area contributed by atoms with Crippen LogP contribution in [0.2, 0.25) is 0 Å². The number of aromatic nitrogens is 3. The minimum atomic E-state index is -0.423. The fraction of sp³-hybridized carbons (Fsp3) is 0.160. The molecule has 0 saturated carbocycles. The van der Waals surface area contributed by atoms with Crippen molar-refractivity contribution in [1.82, 2.24) is 14.5 Å². The van der Waals surface area contributed by atoms with Crippen LogP contribution in [0.5, 0.6) is 11.5 Å². The van der Waals surface area contributed by atoms with Crippen molar-refractivity contribution in [1.29, 1.82) is 0 Å². The molecule has 2 aromatic heterocycles. The van der Waals surface area contributed by atoms with Gasteiger partial charge in [0.1, 0.15) is 23.6 Å². The topological polar surface area (TPSA) is 75.5 Å².